The fourth-order valence-corrected chi connectivity index (χ4v) is 4.11. The van der Waals surface area contributed by atoms with Gasteiger partial charge in [0, 0.05) is 38.4 Å². The molecule has 2 aromatic rings. The summed E-state index contributed by atoms with van der Waals surface area (Å²) in [7, 11) is 3.32. The van der Waals surface area contributed by atoms with Gasteiger partial charge in [0.1, 0.15) is 10.3 Å². The Balaban J connectivity index is 0.000000311. The number of imidazole rings is 2. The largest absolute Gasteiger partial charge is 0.313 e. The van der Waals surface area contributed by atoms with Gasteiger partial charge in [-0.15, -0.1) is 0 Å². The first-order valence-electron chi connectivity index (χ1n) is 8.15. The summed E-state index contributed by atoms with van der Waals surface area (Å²) in [6, 6.07) is 0. The molecule has 0 aliphatic rings. The Labute approximate surface area is 197 Å². The number of hydrogen-bond acceptors (Lipinski definition) is 4. The van der Waals surface area contributed by atoms with E-state index in [9.17, 15) is 26.3 Å². The summed E-state index contributed by atoms with van der Waals surface area (Å²) >= 11 is 19.4. The summed E-state index contributed by atoms with van der Waals surface area (Å²) in [6.45, 7) is 0. The van der Waals surface area contributed by atoms with E-state index in [2.05, 4.69) is 9.97 Å². The third kappa shape index (κ3) is 9.21. The molecule has 0 saturated carbocycles. The van der Waals surface area contributed by atoms with Crippen LogP contribution >= 0.6 is 58.3 Å². The van der Waals surface area contributed by atoms with Gasteiger partial charge in [0.15, 0.2) is 27.1 Å². The van der Waals surface area contributed by atoms with Crippen LogP contribution in [0.5, 0.6) is 0 Å². The SMILES string of the molecule is Cn1c(Cl)cnc1SCCC(F)=C(F)F.Cn1c(SCCC(F)=C(F)F)nc(Cl)c1Cl. The summed E-state index contributed by atoms with van der Waals surface area (Å²) in [5, 5.41) is 1.88. The molecule has 2 aromatic heterocycles. The van der Waals surface area contributed by atoms with E-state index in [0.717, 1.165) is 11.8 Å². The number of allylic oxidation sites excluding steroid dienone is 2. The molecule has 0 saturated heterocycles. The summed E-state index contributed by atoms with van der Waals surface area (Å²) in [5.41, 5.74) is 0. The highest BCUT2D eigenvalue weighted by Crippen LogP contribution is 2.28. The Morgan fingerprint density at radius 2 is 1.32 bits per heavy atom. The topological polar surface area (TPSA) is 35.6 Å². The molecule has 0 amide bonds. The number of hydrogen-bond donors (Lipinski definition) is 0. The summed E-state index contributed by atoms with van der Waals surface area (Å²) < 4.78 is 74.8. The fourth-order valence-electron chi connectivity index (χ4n) is 1.72. The standard InChI is InChI=1S/C8H7Cl2F3N2S.C8H8ClF3N2S/c1-15-6(10)5(9)14-8(15)16-3-2-4(11)7(12)13;1-14-6(9)4-13-8(14)15-3-2-5(10)7(11)12/h2-3H2,1H3;4H,2-3H2,1H3. The zero-order valence-corrected chi connectivity index (χ0v) is 19.8. The van der Waals surface area contributed by atoms with Crippen molar-refractivity contribution in [2.75, 3.05) is 11.5 Å². The monoisotopic (exact) mass is 546 g/mol. The van der Waals surface area contributed by atoms with Gasteiger partial charge >= 0.3 is 12.2 Å². The molecule has 0 fully saturated rings. The van der Waals surface area contributed by atoms with Crippen LogP contribution in [0.15, 0.2) is 40.3 Å². The van der Waals surface area contributed by atoms with Crippen molar-refractivity contribution in [3.05, 3.63) is 45.5 Å². The molecule has 0 radical (unpaired) electrons. The second kappa shape index (κ2) is 13.6. The molecule has 0 bridgehead atoms. The van der Waals surface area contributed by atoms with E-state index in [4.69, 9.17) is 34.8 Å². The number of aromatic nitrogens is 4. The Hall–Kier alpha value is -0.950. The Morgan fingerprint density at radius 1 is 0.839 bits per heavy atom. The minimum atomic E-state index is -2.28. The summed E-state index contributed by atoms with van der Waals surface area (Å²) in [4.78, 5) is 7.81. The third-order valence-corrected chi connectivity index (χ3v) is 6.57. The van der Waals surface area contributed by atoms with Crippen LogP contribution < -0.4 is 0 Å². The molecule has 0 spiro atoms. The molecule has 31 heavy (non-hydrogen) atoms. The Bertz CT molecular complexity index is 940. The molecule has 2 heterocycles. The molecule has 0 aliphatic heterocycles. The second-order valence-electron chi connectivity index (χ2n) is 5.49. The van der Waals surface area contributed by atoms with E-state index in [0.29, 0.717) is 15.5 Å². The average molecular weight is 548 g/mol. The lowest BCUT2D eigenvalue weighted by Gasteiger charge is -2.00. The van der Waals surface area contributed by atoms with Crippen LogP contribution in [0.3, 0.4) is 0 Å². The highest BCUT2D eigenvalue weighted by molar-refractivity contribution is 7.99. The summed E-state index contributed by atoms with van der Waals surface area (Å²) in [5.74, 6) is -2.44. The molecule has 0 atom stereocenters. The third-order valence-electron chi connectivity index (χ3n) is 3.35. The van der Waals surface area contributed by atoms with Crippen molar-refractivity contribution in [1.29, 1.82) is 0 Å². The highest BCUT2D eigenvalue weighted by Gasteiger charge is 2.12. The maximum absolute atomic E-state index is 12.5. The summed E-state index contributed by atoms with van der Waals surface area (Å²) in [6.07, 6.45) is -3.75. The molecule has 174 valence electrons. The van der Waals surface area contributed by atoms with E-state index in [1.807, 2.05) is 0 Å². The van der Waals surface area contributed by atoms with Crippen LogP contribution in [0.2, 0.25) is 15.5 Å². The minimum absolute atomic E-state index is 0.138. The van der Waals surface area contributed by atoms with Gasteiger partial charge < -0.3 is 9.13 Å². The van der Waals surface area contributed by atoms with Gasteiger partial charge in [-0.25, -0.2) is 18.7 Å². The van der Waals surface area contributed by atoms with Gasteiger partial charge in [0.25, 0.3) is 0 Å². The van der Waals surface area contributed by atoms with Crippen LogP contribution in [0.4, 0.5) is 26.3 Å². The molecular formula is C16H15Cl3F6N4S2. The molecule has 4 nitrogen and oxygen atoms in total. The molecule has 0 N–H and O–H groups in total. The van der Waals surface area contributed by atoms with Crippen LogP contribution in [0.25, 0.3) is 0 Å². The zero-order chi connectivity index (χ0) is 23.7. The normalized spacial score (nSPS) is 10.5. The fraction of sp³-hybridized carbons (Fsp3) is 0.375. The quantitative estimate of drug-likeness (QED) is 0.248. The van der Waals surface area contributed by atoms with E-state index < -0.39 is 23.8 Å². The first kappa shape index (κ1) is 28.1. The van der Waals surface area contributed by atoms with E-state index in [1.54, 1.807) is 18.7 Å². The number of thioether (sulfide) groups is 2. The number of rotatable bonds is 8. The van der Waals surface area contributed by atoms with Gasteiger partial charge in [-0.05, 0) is 0 Å². The molecule has 2 rings (SSSR count). The lowest BCUT2D eigenvalue weighted by atomic mass is 10.4. The molecule has 15 heteroatoms. The van der Waals surface area contributed by atoms with Crippen molar-refractivity contribution in [2.24, 2.45) is 14.1 Å². The van der Waals surface area contributed by atoms with Gasteiger partial charge in [-0.1, -0.05) is 58.3 Å². The second-order valence-corrected chi connectivity index (χ2v) is 8.71. The van der Waals surface area contributed by atoms with Crippen molar-refractivity contribution in [3.63, 3.8) is 0 Å². The van der Waals surface area contributed by atoms with Crippen molar-refractivity contribution >= 4 is 58.3 Å². The lowest BCUT2D eigenvalue weighted by Crippen LogP contribution is -1.92. The number of halogens is 9. The van der Waals surface area contributed by atoms with Gasteiger partial charge in [0.05, 0.1) is 6.20 Å². The smallest absolute Gasteiger partial charge is 0.301 e. The van der Waals surface area contributed by atoms with Gasteiger partial charge in [-0.3, -0.25) is 0 Å². The predicted molar refractivity (Wildman–Crippen MR) is 113 cm³/mol. The van der Waals surface area contributed by atoms with Crippen molar-refractivity contribution in [3.8, 4) is 0 Å². The zero-order valence-electron chi connectivity index (χ0n) is 15.9. The van der Waals surface area contributed by atoms with Gasteiger partial charge in [0.2, 0.25) is 0 Å². The molecular weight excluding hydrogens is 533 g/mol. The van der Waals surface area contributed by atoms with E-state index >= 15 is 0 Å². The minimum Gasteiger partial charge on any atom is -0.313 e. The van der Waals surface area contributed by atoms with E-state index in [1.165, 1.54) is 22.5 Å². The molecule has 0 unspecified atom stereocenters. The molecule has 0 aliphatic carbocycles. The van der Waals surface area contributed by atoms with Crippen molar-refractivity contribution in [1.82, 2.24) is 19.1 Å². The first-order valence-corrected chi connectivity index (χ1v) is 11.3. The average Bonchev–Trinajstić information content (AvgIpc) is 3.15. The maximum Gasteiger partial charge on any atom is 0.301 e. The Kier molecular flexibility index (Phi) is 12.3. The van der Waals surface area contributed by atoms with Crippen molar-refractivity contribution in [2.45, 2.75) is 23.2 Å². The molecule has 0 aromatic carbocycles. The van der Waals surface area contributed by atoms with E-state index in [-0.39, 0.29) is 34.7 Å². The lowest BCUT2D eigenvalue weighted by molar-refractivity contribution is 0.373. The number of nitrogens with zero attached hydrogens (tertiary/aromatic N) is 4. The predicted octanol–water partition coefficient (Wildman–Crippen LogP) is 7.92. The van der Waals surface area contributed by atoms with Gasteiger partial charge in [-0.2, -0.15) is 17.6 Å². The maximum atomic E-state index is 12.5. The first-order chi connectivity index (χ1) is 14.5. The highest BCUT2D eigenvalue weighted by atomic mass is 35.5. The Morgan fingerprint density at radius 3 is 1.68 bits per heavy atom. The van der Waals surface area contributed by atoms with Crippen LogP contribution in [0, 0.1) is 0 Å². The van der Waals surface area contributed by atoms with Crippen LogP contribution in [-0.4, -0.2) is 30.6 Å². The van der Waals surface area contributed by atoms with Crippen molar-refractivity contribution < 1.29 is 26.3 Å². The van der Waals surface area contributed by atoms with Crippen LogP contribution in [-0.2, 0) is 14.1 Å². The van der Waals surface area contributed by atoms with Crippen LogP contribution in [0.1, 0.15) is 12.8 Å².